The van der Waals surface area contributed by atoms with Gasteiger partial charge in [0.05, 0.1) is 26.4 Å². The van der Waals surface area contributed by atoms with Gasteiger partial charge in [-0.15, -0.1) is 0 Å². The van der Waals surface area contributed by atoms with Gasteiger partial charge in [0.1, 0.15) is 25.4 Å². The fourth-order valence-electron chi connectivity index (χ4n) is 9.98. The highest BCUT2D eigenvalue weighted by Gasteiger charge is 2.29. The van der Waals surface area contributed by atoms with Gasteiger partial charge in [-0.1, -0.05) is 286 Å². The number of aliphatic hydroxyl groups is 2. The second kappa shape index (κ2) is 68.7. The van der Waals surface area contributed by atoms with E-state index in [1.807, 2.05) is 0 Å². The Bertz CT molecular complexity index is 2040. The first-order valence-corrected chi connectivity index (χ1v) is 39.9. The largest absolute Gasteiger partial charge is 0.472 e. The lowest BCUT2D eigenvalue weighted by molar-refractivity contribution is -0.161. The molecule has 0 bridgehead atoms. The zero-order valence-corrected chi connectivity index (χ0v) is 60.5. The third-order valence-electron chi connectivity index (χ3n) is 15.6. The molecule has 0 aliphatic carbocycles. The number of rotatable bonds is 70. The molecule has 540 valence electrons. The van der Waals surface area contributed by atoms with Crippen LogP contribution in [0.25, 0.3) is 0 Å². The van der Waals surface area contributed by atoms with Gasteiger partial charge in [0.25, 0.3) is 0 Å². The maximum absolute atomic E-state index is 12.9. The van der Waals surface area contributed by atoms with Crippen LogP contribution in [0, 0.1) is 0 Å². The zero-order valence-electron chi connectivity index (χ0n) is 58.7. The normalized spacial score (nSPS) is 14.6. The Balaban J connectivity index is 4.49. The Morgan fingerprint density at radius 1 is 0.312 bits per heavy atom. The lowest BCUT2D eigenvalue weighted by atomic mass is 10.0. The van der Waals surface area contributed by atoms with Crippen molar-refractivity contribution in [2.45, 2.75) is 334 Å². The molecule has 18 heteroatoms. The number of esters is 3. The molecule has 4 N–H and O–H groups in total. The predicted molar refractivity (Wildman–Crippen MR) is 381 cm³/mol. The van der Waals surface area contributed by atoms with E-state index < -0.39 is 91.5 Å². The van der Waals surface area contributed by atoms with E-state index in [9.17, 15) is 43.5 Å². The third-order valence-corrected chi connectivity index (χ3v) is 17.5. The predicted octanol–water partition coefficient (Wildman–Crippen LogP) is 20.9. The molecule has 0 saturated heterocycles. The minimum Gasteiger partial charge on any atom is -0.463 e. The second-order valence-corrected chi connectivity index (χ2v) is 27.6. The van der Waals surface area contributed by atoms with Crippen LogP contribution >= 0.6 is 15.6 Å². The topological polar surface area (TPSA) is 231 Å². The fourth-order valence-corrected chi connectivity index (χ4v) is 11.6. The number of carbonyl (C=O) groups excluding carboxylic acids is 3. The van der Waals surface area contributed by atoms with Crippen molar-refractivity contribution < 1.29 is 75.8 Å². The average molecular weight is 1350 g/mol. The van der Waals surface area contributed by atoms with Gasteiger partial charge >= 0.3 is 33.6 Å². The molecular formula is C75H134O16P2. The summed E-state index contributed by atoms with van der Waals surface area (Å²) in [5.41, 5.74) is 0. The quantitative estimate of drug-likeness (QED) is 0.0146. The molecule has 0 amide bonds. The third kappa shape index (κ3) is 69.9. The van der Waals surface area contributed by atoms with Crippen LogP contribution in [0.2, 0.25) is 0 Å². The van der Waals surface area contributed by atoms with Gasteiger partial charge in [0, 0.05) is 19.3 Å². The summed E-state index contributed by atoms with van der Waals surface area (Å²) in [6.45, 7) is 2.55. The lowest BCUT2D eigenvalue weighted by Crippen LogP contribution is -2.30. The van der Waals surface area contributed by atoms with Gasteiger partial charge in [0.2, 0.25) is 0 Å². The summed E-state index contributed by atoms with van der Waals surface area (Å²) in [5, 5.41) is 20.6. The van der Waals surface area contributed by atoms with Crippen LogP contribution in [-0.4, -0.2) is 95.9 Å². The molecule has 5 unspecified atom stereocenters. The monoisotopic (exact) mass is 1350 g/mol. The smallest absolute Gasteiger partial charge is 0.463 e. The molecule has 5 atom stereocenters. The Hall–Kier alpha value is -3.27. The van der Waals surface area contributed by atoms with Crippen molar-refractivity contribution in [1.29, 1.82) is 0 Å². The number of aliphatic hydroxyl groups excluding tert-OH is 2. The molecule has 0 saturated carbocycles. The maximum Gasteiger partial charge on any atom is 0.472 e. The molecule has 0 aromatic heterocycles. The first-order valence-electron chi connectivity index (χ1n) is 36.9. The Labute approximate surface area is 565 Å². The first kappa shape index (κ1) is 89.7. The number of phosphoric acid groups is 2. The van der Waals surface area contributed by atoms with Crippen molar-refractivity contribution in [3.05, 3.63) is 85.1 Å². The minimum atomic E-state index is -4.92. The van der Waals surface area contributed by atoms with Crippen LogP contribution in [0.5, 0.6) is 0 Å². The van der Waals surface area contributed by atoms with Gasteiger partial charge in [-0.05, 0) is 96.3 Å². The summed E-state index contributed by atoms with van der Waals surface area (Å²) in [6.07, 6.45) is 74.9. The van der Waals surface area contributed by atoms with Crippen LogP contribution in [0.4, 0.5) is 0 Å². The molecule has 0 radical (unpaired) electrons. The van der Waals surface area contributed by atoms with Crippen molar-refractivity contribution in [1.82, 2.24) is 0 Å². The van der Waals surface area contributed by atoms with Crippen molar-refractivity contribution >= 4 is 33.6 Å². The molecule has 93 heavy (non-hydrogen) atoms. The van der Waals surface area contributed by atoms with E-state index in [4.69, 9.17) is 32.3 Å². The highest BCUT2D eigenvalue weighted by molar-refractivity contribution is 7.47. The van der Waals surface area contributed by atoms with E-state index in [0.29, 0.717) is 19.3 Å². The fraction of sp³-hybridized carbons (Fsp3) is 0.773. The number of allylic oxidation sites excluding steroid dienone is 14. The van der Waals surface area contributed by atoms with Crippen LogP contribution in [0.1, 0.15) is 316 Å². The van der Waals surface area contributed by atoms with Crippen molar-refractivity contribution in [3.8, 4) is 0 Å². The Kier molecular flexibility index (Phi) is 66.2. The Morgan fingerprint density at radius 2 is 0.570 bits per heavy atom. The molecular weight excluding hydrogens is 1220 g/mol. The summed E-state index contributed by atoms with van der Waals surface area (Å²) in [4.78, 5) is 58.4. The molecule has 0 aliphatic heterocycles. The van der Waals surface area contributed by atoms with Gasteiger partial charge in [-0.25, -0.2) is 9.13 Å². The molecule has 0 aromatic carbocycles. The SMILES string of the molecule is CC/C=C\C/C=C\C/C=C\CCCCCCCCCC(=O)OCC(COP(=O)(O)OCC(O)COP(=O)(O)OCC(O)COC(=O)CCCCCCCCCCCCC/C=C\C/C=C\C/C=C\C/C=C\CCCCC)OC(=O)CCCCCCCCCCCCCCC. The Morgan fingerprint density at radius 3 is 0.925 bits per heavy atom. The van der Waals surface area contributed by atoms with Crippen molar-refractivity contribution in [2.75, 3.05) is 39.6 Å². The lowest BCUT2D eigenvalue weighted by Gasteiger charge is -2.21. The van der Waals surface area contributed by atoms with Gasteiger partial charge in [-0.2, -0.15) is 0 Å². The molecule has 0 rings (SSSR count). The molecule has 16 nitrogen and oxygen atoms in total. The van der Waals surface area contributed by atoms with E-state index in [2.05, 4.69) is 106 Å². The zero-order chi connectivity index (χ0) is 68.1. The molecule has 0 aromatic rings. The molecule has 0 spiro atoms. The van der Waals surface area contributed by atoms with E-state index in [1.165, 1.54) is 122 Å². The average Bonchev–Trinajstić information content (AvgIpc) is 2.66. The number of hydrogen-bond acceptors (Lipinski definition) is 14. The highest BCUT2D eigenvalue weighted by atomic mass is 31.2. The minimum absolute atomic E-state index is 0.106. The summed E-state index contributed by atoms with van der Waals surface area (Å²) < 4.78 is 61.0. The maximum atomic E-state index is 12.9. The standard InChI is InChI=1S/C75H134O16P2/c1-4-7-10-13-16-19-22-25-27-29-30-31-32-33-34-35-36-37-38-40-42-44-46-49-52-55-58-61-73(78)85-64-70(76)65-87-92(81,82)88-66-71(77)67-89-93(83,84)90-69-72(91-75(80)63-60-57-54-51-48-43-24-21-18-15-12-9-6-3)68-86-74(79)62-59-56-53-50-47-45-41-39-28-26-23-20-17-14-11-8-5-2/h8,11,16-17,19-20,25-28,30-31,33-34,70-72,76-77H,4-7,9-10,12-15,18,21-24,29,32,35-69H2,1-3H3,(H,81,82)(H,83,84)/b11-8-,19-16-,20-17-,27-25-,28-26-,31-30-,34-33-. The molecule has 0 aliphatic rings. The van der Waals surface area contributed by atoms with Gasteiger partial charge in [-0.3, -0.25) is 32.5 Å². The van der Waals surface area contributed by atoms with E-state index in [0.717, 1.165) is 135 Å². The number of ether oxygens (including phenoxy) is 3. The first-order chi connectivity index (χ1) is 45.2. The summed E-state index contributed by atoms with van der Waals surface area (Å²) >= 11 is 0. The van der Waals surface area contributed by atoms with Crippen molar-refractivity contribution in [3.63, 3.8) is 0 Å². The van der Waals surface area contributed by atoms with E-state index in [1.54, 1.807) is 0 Å². The molecule has 0 fully saturated rings. The summed E-state index contributed by atoms with van der Waals surface area (Å²) in [5.74, 6) is -1.58. The van der Waals surface area contributed by atoms with Crippen LogP contribution in [0.15, 0.2) is 85.1 Å². The number of carbonyl (C=O) groups is 3. The summed E-state index contributed by atoms with van der Waals surface area (Å²) in [6, 6.07) is 0. The number of hydrogen-bond donors (Lipinski definition) is 4. The van der Waals surface area contributed by atoms with E-state index in [-0.39, 0.29) is 19.3 Å². The van der Waals surface area contributed by atoms with Gasteiger partial charge < -0.3 is 34.2 Å². The number of unbranched alkanes of at least 4 members (excludes halogenated alkanes) is 33. The van der Waals surface area contributed by atoms with Crippen LogP contribution < -0.4 is 0 Å². The van der Waals surface area contributed by atoms with Crippen molar-refractivity contribution in [2.24, 2.45) is 0 Å². The summed E-state index contributed by atoms with van der Waals surface area (Å²) in [7, 11) is -9.77. The van der Waals surface area contributed by atoms with Gasteiger partial charge in [0.15, 0.2) is 6.10 Å². The number of phosphoric ester groups is 2. The molecule has 0 heterocycles. The van der Waals surface area contributed by atoms with Crippen LogP contribution in [-0.2, 0) is 55.8 Å². The van der Waals surface area contributed by atoms with E-state index >= 15 is 0 Å². The second-order valence-electron chi connectivity index (χ2n) is 24.7. The highest BCUT2D eigenvalue weighted by Crippen LogP contribution is 2.45. The van der Waals surface area contributed by atoms with Crippen LogP contribution in [0.3, 0.4) is 0 Å².